The Labute approximate surface area is 173 Å². The van der Waals surface area contributed by atoms with Crippen molar-refractivity contribution in [1.29, 1.82) is 0 Å². The Morgan fingerprint density at radius 1 is 1.00 bits per heavy atom. The fourth-order valence-electron chi connectivity index (χ4n) is 2.77. The van der Waals surface area contributed by atoms with E-state index in [-0.39, 0.29) is 23.8 Å². The Morgan fingerprint density at radius 3 is 2.41 bits per heavy atom. The number of thiophene rings is 1. The summed E-state index contributed by atoms with van der Waals surface area (Å²) in [5, 5.41) is 4.57. The smallest absolute Gasteiger partial charge is 0.340 e. The maximum atomic E-state index is 12.8. The van der Waals surface area contributed by atoms with Gasteiger partial charge in [0.15, 0.2) is 11.5 Å². The van der Waals surface area contributed by atoms with E-state index < -0.39 is 5.97 Å². The van der Waals surface area contributed by atoms with Gasteiger partial charge < -0.3 is 19.5 Å². The highest BCUT2D eigenvalue weighted by Gasteiger charge is 2.20. The molecule has 0 spiro atoms. The Kier molecular flexibility index (Phi) is 6.51. The zero-order valence-electron chi connectivity index (χ0n) is 16.4. The van der Waals surface area contributed by atoms with Gasteiger partial charge in [-0.25, -0.2) is 4.79 Å². The molecule has 150 valence electrons. The number of amides is 1. The maximum absolute atomic E-state index is 12.8. The first kappa shape index (κ1) is 20.4. The third-order valence-corrected chi connectivity index (χ3v) is 5.06. The molecule has 0 aliphatic carbocycles. The Bertz CT molecular complexity index is 1010. The van der Waals surface area contributed by atoms with Crippen LogP contribution in [0, 0.1) is 6.92 Å². The number of aryl methyl sites for hydroxylation is 1. The van der Waals surface area contributed by atoms with E-state index in [1.54, 1.807) is 23.6 Å². The van der Waals surface area contributed by atoms with Gasteiger partial charge in [0, 0.05) is 12.1 Å². The lowest BCUT2D eigenvalue weighted by molar-refractivity contribution is 0.0473. The molecule has 0 bridgehead atoms. The largest absolute Gasteiger partial charge is 0.493 e. The lowest BCUT2D eigenvalue weighted by Crippen LogP contribution is -2.15. The highest BCUT2D eigenvalue weighted by atomic mass is 32.1. The molecule has 1 N–H and O–H groups in total. The number of carbonyl (C=O) groups is 2. The first-order chi connectivity index (χ1) is 14.0. The molecule has 2 aromatic carbocycles. The molecule has 0 unspecified atom stereocenters. The molecule has 0 aliphatic heterocycles. The molecule has 0 radical (unpaired) electrons. The predicted octanol–water partition coefficient (Wildman–Crippen LogP) is 4.68. The molecule has 0 saturated carbocycles. The van der Waals surface area contributed by atoms with Gasteiger partial charge in [0.25, 0.3) is 5.91 Å². The number of benzene rings is 2. The molecule has 1 heterocycles. The van der Waals surface area contributed by atoms with Crippen molar-refractivity contribution in [2.75, 3.05) is 19.5 Å². The minimum atomic E-state index is -0.575. The number of anilines is 1. The second-order valence-electron chi connectivity index (χ2n) is 6.25. The molecule has 7 heteroatoms. The molecule has 1 amide bonds. The van der Waals surface area contributed by atoms with Gasteiger partial charge in [-0.2, -0.15) is 0 Å². The van der Waals surface area contributed by atoms with Crippen molar-refractivity contribution in [3.8, 4) is 11.5 Å². The van der Waals surface area contributed by atoms with Crippen molar-refractivity contribution < 1.29 is 23.8 Å². The lowest BCUT2D eigenvalue weighted by Gasteiger charge is -2.15. The first-order valence-corrected chi connectivity index (χ1v) is 9.73. The van der Waals surface area contributed by atoms with Gasteiger partial charge in [-0.1, -0.05) is 35.9 Å². The number of hydrogen-bond donors (Lipinski definition) is 1. The van der Waals surface area contributed by atoms with Crippen molar-refractivity contribution in [2.24, 2.45) is 0 Å². The fourth-order valence-corrected chi connectivity index (χ4v) is 3.39. The number of esters is 1. The molecular weight excluding hydrogens is 390 g/mol. The van der Waals surface area contributed by atoms with Gasteiger partial charge >= 0.3 is 5.97 Å². The van der Waals surface area contributed by atoms with E-state index in [0.717, 1.165) is 11.1 Å². The maximum Gasteiger partial charge on any atom is 0.340 e. The quantitative estimate of drug-likeness (QED) is 0.571. The van der Waals surface area contributed by atoms with Crippen LogP contribution in [0.3, 0.4) is 0 Å². The molecular formula is C22H21NO5S. The van der Waals surface area contributed by atoms with E-state index >= 15 is 0 Å². The Morgan fingerprint density at radius 2 is 1.76 bits per heavy atom. The second kappa shape index (κ2) is 9.25. The lowest BCUT2D eigenvalue weighted by atomic mass is 10.1. The van der Waals surface area contributed by atoms with Crippen molar-refractivity contribution in [2.45, 2.75) is 13.5 Å². The average Bonchev–Trinajstić information content (AvgIpc) is 3.26. The van der Waals surface area contributed by atoms with E-state index in [1.807, 2.05) is 31.2 Å². The SMILES string of the molecule is COc1cc(NC(=O)c2cccs2)c(C(=O)OCc2cccc(C)c2)cc1OC. The van der Waals surface area contributed by atoms with Crippen molar-refractivity contribution >= 4 is 28.9 Å². The molecule has 0 aliphatic rings. The second-order valence-corrected chi connectivity index (χ2v) is 7.20. The van der Waals surface area contributed by atoms with E-state index in [0.29, 0.717) is 16.4 Å². The van der Waals surface area contributed by atoms with E-state index in [2.05, 4.69) is 5.32 Å². The first-order valence-electron chi connectivity index (χ1n) is 8.85. The van der Waals surface area contributed by atoms with Gasteiger partial charge in [-0.3, -0.25) is 4.79 Å². The Hall–Kier alpha value is -3.32. The van der Waals surface area contributed by atoms with Gasteiger partial charge in [0.1, 0.15) is 6.61 Å². The van der Waals surface area contributed by atoms with Crippen LogP contribution >= 0.6 is 11.3 Å². The van der Waals surface area contributed by atoms with Crippen LogP contribution < -0.4 is 14.8 Å². The van der Waals surface area contributed by atoms with Crippen LogP contribution in [0.4, 0.5) is 5.69 Å². The zero-order valence-corrected chi connectivity index (χ0v) is 17.2. The molecule has 29 heavy (non-hydrogen) atoms. The summed E-state index contributed by atoms with van der Waals surface area (Å²) in [6.45, 7) is 2.09. The number of ether oxygens (including phenoxy) is 3. The number of carbonyl (C=O) groups excluding carboxylic acids is 2. The zero-order chi connectivity index (χ0) is 20.8. The fraction of sp³-hybridized carbons (Fsp3) is 0.182. The minimum Gasteiger partial charge on any atom is -0.493 e. The summed E-state index contributed by atoms with van der Waals surface area (Å²) >= 11 is 1.31. The van der Waals surface area contributed by atoms with Gasteiger partial charge in [-0.05, 0) is 23.9 Å². The molecule has 6 nitrogen and oxygen atoms in total. The number of nitrogens with one attached hydrogen (secondary N) is 1. The van der Waals surface area contributed by atoms with Crippen molar-refractivity contribution in [3.05, 3.63) is 75.5 Å². The topological polar surface area (TPSA) is 73.9 Å². The normalized spacial score (nSPS) is 10.3. The van der Waals surface area contributed by atoms with Crippen LogP contribution in [0.2, 0.25) is 0 Å². The molecule has 1 aromatic heterocycles. The van der Waals surface area contributed by atoms with Crippen LogP contribution in [-0.2, 0) is 11.3 Å². The Balaban J connectivity index is 1.87. The molecule has 0 saturated heterocycles. The number of hydrogen-bond acceptors (Lipinski definition) is 6. The monoisotopic (exact) mass is 411 g/mol. The molecule has 0 fully saturated rings. The van der Waals surface area contributed by atoms with Crippen LogP contribution in [0.25, 0.3) is 0 Å². The van der Waals surface area contributed by atoms with Gasteiger partial charge in [-0.15, -0.1) is 11.3 Å². The summed E-state index contributed by atoms with van der Waals surface area (Å²) in [5.41, 5.74) is 2.42. The summed E-state index contributed by atoms with van der Waals surface area (Å²) < 4.78 is 16.1. The summed E-state index contributed by atoms with van der Waals surface area (Å²) in [4.78, 5) is 25.8. The average molecular weight is 411 g/mol. The van der Waals surface area contributed by atoms with Crippen LogP contribution in [0.15, 0.2) is 53.9 Å². The highest BCUT2D eigenvalue weighted by molar-refractivity contribution is 7.12. The number of rotatable bonds is 7. The van der Waals surface area contributed by atoms with E-state index in [1.165, 1.54) is 31.6 Å². The van der Waals surface area contributed by atoms with E-state index in [9.17, 15) is 9.59 Å². The van der Waals surface area contributed by atoms with Crippen LogP contribution in [0.1, 0.15) is 31.2 Å². The van der Waals surface area contributed by atoms with E-state index in [4.69, 9.17) is 14.2 Å². The highest BCUT2D eigenvalue weighted by Crippen LogP contribution is 2.34. The third kappa shape index (κ3) is 4.94. The van der Waals surface area contributed by atoms with Crippen molar-refractivity contribution in [1.82, 2.24) is 0 Å². The summed E-state index contributed by atoms with van der Waals surface area (Å²) in [7, 11) is 2.96. The van der Waals surface area contributed by atoms with Crippen LogP contribution in [0.5, 0.6) is 11.5 Å². The molecule has 3 rings (SSSR count). The standard InChI is InChI=1S/C22H21NO5S/c1-14-6-4-7-15(10-14)13-28-22(25)16-11-18(26-2)19(27-3)12-17(16)23-21(24)20-8-5-9-29-20/h4-12H,13H2,1-3H3,(H,23,24). The van der Waals surface area contributed by atoms with Gasteiger partial charge in [0.05, 0.1) is 30.3 Å². The van der Waals surface area contributed by atoms with Gasteiger partial charge in [0.2, 0.25) is 0 Å². The summed E-state index contributed by atoms with van der Waals surface area (Å²) in [6.07, 6.45) is 0. The molecule has 3 aromatic rings. The molecule has 0 atom stereocenters. The summed E-state index contributed by atoms with van der Waals surface area (Å²) in [5.74, 6) is -0.137. The minimum absolute atomic E-state index is 0.118. The van der Waals surface area contributed by atoms with Crippen LogP contribution in [-0.4, -0.2) is 26.1 Å². The predicted molar refractivity (Wildman–Crippen MR) is 112 cm³/mol. The summed E-state index contributed by atoms with van der Waals surface area (Å²) in [6, 6.07) is 14.2. The number of methoxy groups -OCH3 is 2. The van der Waals surface area contributed by atoms with Crippen molar-refractivity contribution in [3.63, 3.8) is 0 Å². The third-order valence-electron chi connectivity index (χ3n) is 4.19.